The summed E-state index contributed by atoms with van der Waals surface area (Å²) < 4.78 is 17.3. The van der Waals surface area contributed by atoms with Crippen LogP contribution in [0.3, 0.4) is 0 Å². The maximum absolute atomic E-state index is 12.3. The number of aromatic nitrogens is 2. The lowest BCUT2D eigenvalue weighted by molar-refractivity contribution is -0.155. The first-order valence-electron chi connectivity index (χ1n) is 9.62. The van der Waals surface area contributed by atoms with Crippen molar-refractivity contribution in [3.63, 3.8) is 0 Å². The lowest BCUT2D eigenvalue weighted by Gasteiger charge is -2.17. The Bertz CT molecular complexity index is 798. The van der Waals surface area contributed by atoms with Gasteiger partial charge in [0.05, 0.1) is 0 Å². The lowest BCUT2D eigenvalue weighted by Crippen LogP contribution is -2.34. The summed E-state index contributed by atoms with van der Waals surface area (Å²) in [6, 6.07) is 0. The van der Waals surface area contributed by atoms with Gasteiger partial charge in [0.15, 0.2) is 0 Å². The van der Waals surface area contributed by atoms with E-state index >= 15 is 0 Å². The van der Waals surface area contributed by atoms with Crippen LogP contribution in [0.1, 0.15) is 64.7 Å². The van der Waals surface area contributed by atoms with Gasteiger partial charge >= 0.3 is 17.6 Å². The van der Waals surface area contributed by atoms with Crippen molar-refractivity contribution in [3.05, 3.63) is 32.6 Å². The number of hydrogen-bond acceptors (Lipinski definition) is 7. The predicted octanol–water partition coefficient (Wildman–Crippen LogP) is 1.44. The van der Waals surface area contributed by atoms with Crippen LogP contribution in [0.15, 0.2) is 15.8 Å². The molecule has 1 N–H and O–H groups in total. The van der Waals surface area contributed by atoms with Crippen molar-refractivity contribution in [1.82, 2.24) is 9.55 Å². The van der Waals surface area contributed by atoms with Crippen LogP contribution < -0.4 is 11.2 Å². The highest BCUT2D eigenvalue weighted by atomic mass is 16.6. The van der Waals surface area contributed by atoms with Crippen molar-refractivity contribution in [2.24, 2.45) is 0 Å². The molecule has 9 heteroatoms. The summed E-state index contributed by atoms with van der Waals surface area (Å²) in [5.74, 6) is -0.975. The zero-order valence-electron chi connectivity index (χ0n) is 16.6. The van der Waals surface area contributed by atoms with E-state index in [1.165, 1.54) is 24.6 Å². The molecule has 3 atom stereocenters. The summed E-state index contributed by atoms with van der Waals surface area (Å²) >= 11 is 0. The van der Waals surface area contributed by atoms with Crippen LogP contribution in [0.4, 0.5) is 0 Å². The van der Waals surface area contributed by atoms with Gasteiger partial charge in [0.2, 0.25) is 0 Å². The molecule has 0 aromatic carbocycles. The molecule has 0 radical (unpaired) electrons. The second-order valence-corrected chi connectivity index (χ2v) is 6.95. The van der Waals surface area contributed by atoms with Crippen LogP contribution in [0.2, 0.25) is 0 Å². The monoisotopic (exact) mass is 396 g/mol. The van der Waals surface area contributed by atoms with E-state index in [0.29, 0.717) is 12.0 Å². The standard InChI is InChI=1S/C19H28N2O7/c1-4-5-6-7-8-14-10-21(19(25)20-18(14)24)17-9-15(27-13(3)23)16(28-17)11-26-12(2)22/h10,15-17H,4-9,11H2,1-3H3,(H,20,24,25)/t15-,16+,17+/m0/s1. The van der Waals surface area contributed by atoms with Crippen LogP contribution in [-0.4, -0.2) is 40.3 Å². The minimum absolute atomic E-state index is 0.0915. The third-order valence-corrected chi connectivity index (χ3v) is 4.60. The van der Waals surface area contributed by atoms with E-state index in [9.17, 15) is 19.2 Å². The molecule has 0 aliphatic carbocycles. The fourth-order valence-electron chi connectivity index (χ4n) is 3.22. The number of esters is 2. The SMILES string of the molecule is CCCCCCc1cn([C@H]2C[C@H](OC(C)=O)[C@@H](COC(C)=O)O2)c(=O)[nH]c1=O. The molecule has 156 valence electrons. The van der Waals surface area contributed by atoms with Gasteiger partial charge in [0, 0.05) is 32.0 Å². The minimum atomic E-state index is -0.733. The second kappa shape index (κ2) is 10.2. The summed E-state index contributed by atoms with van der Waals surface area (Å²) in [5, 5.41) is 0. The molecule has 0 saturated carbocycles. The van der Waals surface area contributed by atoms with E-state index in [1.54, 1.807) is 0 Å². The maximum atomic E-state index is 12.3. The van der Waals surface area contributed by atoms with Crippen LogP contribution >= 0.6 is 0 Å². The van der Waals surface area contributed by atoms with E-state index < -0.39 is 41.6 Å². The third kappa shape index (κ3) is 6.05. The van der Waals surface area contributed by atoms with Crippen LogP contribution in [0, 0.1) is 0 Å². The Labute approximate surface area is 163 Å². The Balaban J connectivity index is 2.18. The zero-order chi connectivity index (χ0) is 20.7. The molecule has 1 aliphatic rings. The molecule has 9 nitrogen and oxygen atoms in total. The van der Waals surface area contributed by atoms with E-state index in [1.807, 2.05) is 0 Å². The minimum Gasteiger partial charge on any atom is -0.463 e. The molecular weight excluding hydrogens is 368 g/mol. The number of unbranched alkanes of at least 4 members (excludes halogenated alkanes) is 3. The van der Waals surface area contributed by atoms with Gasteiger partial charge in [-0.2, -0.15) is 0 Å². The zero-order valence-corrected chi connectivity index (χ0v) is 16.6. The molecule has 0 spiro atoms. The molecule has 1 saturated heterocycles. The number of H-pyrrole nitrogens is 1. The number of nitrogens with one attached hydrogen (secondary N) is 1. The fourth-order valence-corrected chi connectivity index (χ4v) is 3.22. The topological polar surface area (TPSA) is 117 Å². The quantitative estimate of drug-likeness (QED) is 0.496. The molecule has 1 aromatic heterocycles. The number of carbonyl (C=O) groups excluding carboxylic acids is 2. The van der Waals surface area contributed by atoms with Crippen molar-refractivity contribution in [3.8, 4) is 0 Å². The lowest BCUT2D eigenvalue weighted by atomic mass is 10.1. The number of nitrogens with zero attached hydrogens (tertiary/aromatic N) is 1. The van der Waals surface area contributed by atoms with E-state index in [2.05, 4.69) is 11.9 Å². The first kappa shape index (κ1) is 21.9. The second-order valence-electron chi connectivity index (χ2n) is 6.95. The molecule has 2 rings (SSSR count). The Morgan fingerprint density at radius 2 is 1.96 bits per heavy atom. The highest BCUT2D eigenvalue weighted by Gasteiger charge is 2.39. The number of ether oxygens (including phenoxy) is 3. The average molecular weight is 396 g/mol. The first-order chi connectivity index (χ1) is 13.3. The largest absolute Gasteiger partial charge is 0.463 e. The van der Waals surface area contributed by atoms with Crippen LogP contribution in [0.5, 0.6) is 0 Å². The number of rotatable bonds is 9. The van der Waals surface area contributed by atoms with Gasteiger partial charge in [-0.3, -0.25) is 23.9 Å². The Kier molecular flexibility index (Phi) is 7.98. The molecule has 0 bridgehead atoms. The number of aromatic amines is 1. The van der Waals surface area contributed by atoms with Gasteiger partial charge in [-0.15, -0.1) is 0 Å². The smallest absolute Gasteiger partial charge is 0.330 e. The van der Waals surface area contributed by atoms with E-state index in [0.717, 1.165) is 25.7 Å². The Morgan fingerprint density at radius 1 is 1.21 bits per heavy atom. The first-order valence-corrected chi connectivity index (χ1v) is 9.62. The fraction of sp³-hybridized carbons (Fsp3) is 0.684. The van der Waals surface area contributed by atoms with Crippen molar-refractivity contribution >= 4 is 11.9 Å². The molecule has 1 fully saturated rings. The van der Waals surface area contributed by atoms with Crippen molar-refractivity contribution in [1.29, 1.82) is 0 Å². The number of aryl methyl sites for hydroxylation is 1. The van der Waals surface area contributed by atoms with Gasteiger partial charge in [-0.25, -0.2) is 4.79 Å². The number of carbonyl (C=O) groups is 2. The molecule has 28 heavy (non-hydrogen) atoms. The summed E-state index contributed by atoms with van der Waals surface area (Å²) in [4.78, 5) is 49.1. The summed E-state index contributed by atoms with van der Waals surface area (Å²) in [7, 11) is 0. The van der Waals surface area contributed by atoms with Crippen molar-refractivity contribution < 1.29 is 23.8 Å². The van der Waals surface area contributed by atoms with Gasteiger partial charge in [-0.05, 0) is 12.8 Å². The average Bonchev–Trinajstić information content (AvgIpc) is 3.00. The molecule has 0 amide bonds. The van der Waals surface area contributed by atoms with E-state index in [4.69, 9.17) is 14.2 Å². The van der Waals surface area contributed by atoms with Gasteiger partial charge in [-0.1, -0.05) is 26.2 Å². The highest BCUT2D eigenvalue weighted by Crippen LogP contribution is 2.30. The van der Waals surface area contributed by atoms with Gasteiger partial charge in [0.25, 0.3) is 5.56 Å². The Morgan fingerprint density at radius 3 is 2.61 bits per heavy atom. The molecule has 2 heterocycles. The summed E-state index contributed by atoms with van der Waals surface area (Å²) in [5.41, 5.74) is -0.488. The molecule has 1 aromatic rings. The third-order valence-electron chi connectivity index (χ3n) is 4.60. The van der Waals surface area contributed by atoms with Gasteiger partial charge in [0.1, 0.15) is 25.0 Å². The van der Waals surface area contributed by atoms with Crippen LogP contribution in [0.25, 0.3) is 0 Å². The number of hydrogen-bond donors (Lipinski definition) is 1. The normalized spacial score (nSPS) is 21.5. The molecular formula is C19H28N2O7. The maximum Gasteiger partial charge on any atom is 0.330 e. The van der Waals surface area contributed by atoms with Crippen molar-refractivity contribution in [2.75, 3.05) is 6.61 Å². The molecule has 0 unspecified atom stereocenters. The highest BCUT2D eigenvalue weighted by molar-refractivity contribution is 5.66. The summed E-state index contributed by atoms with van der Waals surface area (Å²) in [6.45, 7) is 4.56. The van der Waals surface area contributed by atoms with E-state index in [-0.39, 0.29) is 13.0 Å². The molecule has 1 aliphatic heterocycles. The van der Waals surface area contributed by atoms with Gasteiger partial charge < -0.3 is 14.2 Å². The van der Waals surface area contributed by atoms with Crippen molar-refractivity contribution in [2.45, 2.75) is 77.7 Å². The predicted molar refractivity (Wildman–Crippen MR) is 99.9 cm³/mol. The van der Waals surface area contributed by atoms with Crippen LogP contribution in [-0.2, 0) is 30.2 Å². The summed E-state index contributed by atoms with van der Waals surface area (Å²) in [6.07, 6.45) is 4.25. The Hall–Kier alpha value is -2.42.